The lowest BCUT2D eigenvalue weighted by molar-refractivity contribution is 0.517. The Morgan fingerprint density at radius 1 is 1.00 bits per heavy atom. The number of pyridine rings is 1. The molecule has 2 aromatic carbocycles. The number of halogens is 3. The van der Waals surface area contributed by atoms with Crippen LogP contribution in [0.2, 0.25) is 0 Å². The SMILES string of the molecule is CSc1ccc(-c2cnc3ncn(C(C)c4c(F)cc5ncccc5c4F)c3n2)cc1F. The molecule has 32 heavy (non-hydrogen) atoms. The van der Waals surface area contributed by atoms with Crippen LogP contribution in [0.3, 0.4) is 0 Å². The van der Waals surface area contributed by atoms with Crippen LogP contribution in [0.4, 0.5) is 13.2 Å². The highest BCUT2D eigenvalue weighted by atomic mass is 32.2. The zero-order valence-electron chi connectivity index (χ0n) is 17.1. The lowest BCUT2D eigenvalue weighted by Crippen LogP contribution is -2.11. The van der Waals surface area contributed by atoms with Crippen LogP contribution in [0.15, 0.2) is 60.0 Å². The van der Waals surface area contributed by atoms with E-state index in [9.17, 15) is 8.78 Å². The van der Waals surface area contributed by atoms with Gasteiger partial charge in [0.25, 0.3) is 0 Å². The molecule has 0 saturated carbocycles. The third-order valence-corrected chi connectivity index (χ3v) is 6.17. The summed E-state index contributed by atoms with van der Waals surface area (Å²) < 4.78 is 45.9. The first-order chi connectivity index (χ1) is 15.5. The summed E-state index contributed by atoms with van der Waals surface area (Å²) in [6.07, 6.45) is 6.23. The number of hydrogen-bond acceptors (Lipinski definition) is 5. The maximum atomic E-state index is 15.2. The van der Waals surface area contributed by atoms with Gasteiger partial charge in [-0.2, -0.15) is 0 Å². The van der Waals surface area contributed by atoms with Crippen molar-refractivity contribution in [3.8, 4) is 11.3 Å². The first kappa shape index (κ1) is 20.4. The maximum absolute atomic E-state index is 15.2. The molecule has 3 heterocycles. The summed E-state index contributed by atoms with van der Waals surface area (Å²) in [7, 11) is 0. The highest BCUT2D eigenvalue weighted by Gasteiger charge is 2.23. The fourth-order valence-corrected chi connectivity index (χ4v) is 4.20. The third kappa shape index (κ3) is 3.29. The van der Waals surface area contributed by atoms with E-state index in [0.29, 0.717) is 27.4 Å². The van der Waals surface area contributed by atoms with Crippen molar-refractivity contribution in [3.63, 3.8) is 0 Å². The van der Waals surface area contributed by atoms with Crippen molar-refractivity contribution in [2.45, 2.75) is 17.9 Å². The van der Waals surface area contributed by atoms with E-state index in [4.69, 9.17) is 0 Å². The minimum atomic E-state index is -0.759. The van der Waals surface area contributed by atoms with Crippen LogP contribution in [-0.4, -0.2) is 30.8 Å². The standard InChI is InChI=1S/C23H16F3N5S/c1-12(20-16(25)9-17-14(21(20)26)4-3-7-27-17)31-11-29-22-23(31)30-18(10-28-22)13-5-6-19(32-2)15(24)8-13/h3-12H,1-2H3. The minimum Gasteiger partial charge on any atom is -0.306 e. The van der Waals surface area contributed by atoms with Crippen molar-refractivity contribution >= 4 is 34.0 Å². The molecule has 0 fully saturated rings. The average molecular weight is 451 g/mol. The normalized spacial score (nSPS) is 12.5. The van der Waals surface area contributed by atoms with Crippen LogP contribution in [0.1, 0.15) is 18.5 Å². The first-order valence-electron chi connectivity index (χ1n) is 9.74. The van der Waals surface area contributed by atoms with E-state index < -0.39 is 17.7 Å². The molecule has 1 unspecified atom stereocenters. The van der Waals surface area contributed by atoms with Crippen LogP contribution in [0.5, 0.6) is 0 Å². The largest absolute Gasteiger partial charge is 0.306 e. The van der Waals surface area contributed by atoms with E-state index in [1.54, 1.807) is 42.0 Å². The fourth-order valence-electron chi connectivity index (χ4n) is 3.74. The van der Waals surface area contributed by atoms with Gasteiger partial charge in [-0.15, -0.1) is 11.8 Å². The molecule has 1 atom stereocenters. The van der Waals surface area contributed by atoms with Crippen LogP contribution < -0.4 is 0 Å². The average Bonchev–Trinajstić information content (AvgIpc) is 3.22. The number of imidazole rings is 1. The minimum absolute atomic E-state index is 0.118. The van der Waals surface area contributed by atoms with E-state index >= 15 is 4.39 Å². The molecule has 0 bridgehead atoms. The number of fused-ring (bicyclic) bond motifs is 2. The molecule has 3 aromatic heterocycles. The van der Waals surface area contributed by atoms with Gasteiger partial charge in [0.1, 0.15) is 17.5 Å². The Labute approximate surface area is 185 Å². The van der Waals surface area contributed by atoms with Gasteiger partial charge >= 0.3 is 0 Å². The molecule has 5 aromatic rings. The van der Waals surface area contributed by atoms with E-state index in [2.05, 4.69) is 19.9 Å². The summed E-state index contributed by atoms with van der Waals surface area (Å²) in [5.74, 6) is -1.74. The molecule has 0 aliphatic heterocycles. The Bertz CT molecular complexity index is 1480. The summed E-state index contributed by atoms with van der Waals surface area (Å²) in [6, 6.07) is 8.44. The second-order valence-electron chi connectivity index (χ2n) is 7.24. The van der Waals surface area contributed by atoms with Crippen molar-refractivity contribution in [2.75, 3.05) is 6.26 Å². The van der Waals surface area contributed by atoms with E-state index in [-0.39, 0.29) is 22.3 Å². The molecule has 0 N–H and O–H groups in total. The second kappa shape index (κ2) is 7.90. The summed E-state index contributed by atoms with van der Waals surface area (Å²) in [5, 5.41) is 0.233. The third-order valence-electron chi connectivity index (χ3n) is 5.40. The number of rotatable bonds is 4. The molecule has 5 rings (SSSR count). The Morgan fingerprint density at radius 2 is 1.84 bits per heavy atom. The van der Waals surface area contributed by atoms with Gasteiger partial charge in [-0.25, -0.2) is 28.1 Å². The number of thioether (sulfide) groups is 1. The smallest absolute Gasteiger partial charge is 0.197 e. The molecular weight excluding hydrogens is 435 g/mol. The van der Waals surface area contributed by atoms with Gasteiger partial charge in [-0.05, 0) is 37.4 Å². The molecule has 160 valence electrons. The highest BCUT2D eigenvalue weighted by Crippen LogP contribution is 2.31. The lowest BCUT2D eigenvalue weighted by Gasteiger charge is -2.17. The second-order valence-corrected chi connectivity index (χ2v) is 8.08. The highest BCUT2D eigenvalue weighted by molar-refractivity contribution is 7.98. The van der Waals surface area contributed by atoms with Crippen molar-refractivity contribution in [1.29, 1.82) is 0 Å². The fraction of sp³-hybridized carbons (Fsp3) is 0.130. The maximum Gasteiger partial charge on any atom is 0.197 e. The molecule has 0 radical (unpaired) electrons. The first-order valence-corrected chi connectivity index (χ1v) is 11.0. The Balaban J connectivity index is 1.63. The predicted octanol–water partition coefficient (Wildman–Crippen LogP) is 5.79. The van der Waals surface area contributed by atoms with Crippen molar-refractivity contribution in [1.82, 2.24) is 24.5 Å². The molecule has 0 aliphatic rings. The topological polar surface area (TPSA) is 56.5 Å². The Morgan fingerprint density at radius 3 is 2.62 bits per heavy atom. The van der Waals surface area contributed by atoms with E-state index in [1.165, 1.54) is 42.6 Å². The van der Waals surface area contributed by atoms with Gasteiger partial charge in [0.15, 0.2) is 11.3 Å². The zero-order valence-corrected chi connectivity index (χ0v) is 17.9. The quantitative estimate of drug-likeness (QED) is 0.324. The number of aromatic nitrogens is 5. The van der Waals surface area contributed by atoms with Crippen molar-refractivity contribution in [2.24, 2.45) is 0 Å². The molecule has 0 aliphatic carbocycles. The van der Waals surface area contributed by atoms with Gasteiger partial charge in [-0.3, -0.25) is 4.98 Å². The number of hydrogen-bond donors (Lipinski definition) is 0. The van der Waals surface area contributed by atoms with Gasteiger partial charge in [0, 0.05) is 33.7 Å². The lowest BCUT2D eigenvalue weighted by atomic mass is 10.0. The molecular formula is C23H16F3N5S. The van der Waals surface area contributed by atoms with Gasteiger partial charge in [-0.1, -0.05) is 6.07 Å². The predicted molar refractivity (Wildman–Crippen MR) is 118 cm³/mol. The Kier molecular flexibility index (Phi) is 5.05. The van der Waals surface area contributed by atoms with E-state index in [1.807, 2.05) is 0 Å². The Hall–Kier alpha value is -3.46. The van der Waals surface area contributed by atoms with Gasteiger partial charge < -0.3 is 4.57 Å². The van der Waals surface area contributed by atoms with Crippen LogP contribution in [0, 0.1) is 17.5 Å². The van der Waals surface area contributed by atoms with Crippen LogP contribution in [0.25, 0.3) is 33.5 Å². The monoisotopic (exact) mass is 451 g/mol. The zero-order chi connectivity index (χ0) is 22.4. The molecule has 5 nitrogen and oxygen atoms in total. The summed E-state index contributed by atoms with van der Waals surface area (Å²) >= 11 is 1.31. The summed E-state index contributed by atoms with van der Waals surface area (Å²) in [5.41, 5.74) is 1.77. The van der Waals surface area contributed by atoms with Gasteiger partial charge in [0.05, 0.1) is 29.8 Å². The van der Waals surface area contributed by atoms with Crippen LogP contribution >= 0.6 is 11.8 Å². The summed E-state index contributed by atoms with van der Waals surface area (Å²) in [4.78, 5) is 17.7. The molecule has 9 heteroatoms. The molecule has 0 spiro atoms. The number of nitrogens with zero attached hydrogens (tertiary/aromatic N) is 5. The van der Waals surface area contributed by atoms with Crippen LogP contribution in [-0.2, 0) is 0 Å². The van der Waals surface area contributed by atoms with Gasteiger partial charge in [0.2, 0.25) is 0 Å². The number of benzene rings is 2. The van der Waals surface area contributed by atoms with Crippen molar-refractivity contribution in [3.05, 3.63) is 78.1 Å². The molecule has 0 amide bonds. The summed E-state index contributed by atoms with van der Waals surface area (Å²) in [6.45, 7) is 1.66. The van der Waals surface area contributed by atoms with E-state index in [0.717, 1.165) is 0 Å². The van der Waals surface area contributed by atoms with Crippen molar-refractivity contribution < 1.29 is 13.2 Å². The molecule has 0 saturated heterocycles.